The zero-order valence-corrected chi connectivity index (χ0v) is 20.3. The number of carbonyl (C=O) groups excluding carboxylic acids is 2. The van der Waals surface area contributed by atoms with Crippen LogP contribution in [0.1, 0.15) is 45.8 Å². The number of aromatic nitrogens is 1. The molecule has 11 heteroatoms. The van der Waals surface area contributed by atoms with Gasteiger partial charge in [0.15, 0.2) is 0 Å². The summed E-state index contributed by atoms with van der Waals surface area (Å²) in [6, 6.07) is 3.81. The van der Waals surface area contributed by atoms with Gasteiger partial charge in [0.25, 0.3) is 11.8 Å². The molecule has 1 aromatic carbocycles. The van der Waals surface area contributed by atoms with Gasteiger partial charge in [0.05, 0.1) is 16.8 Å². The van der Waals surface area contributed by atoms with Crippen molar-refractivity contribution in [3.8, 4) is 0 Å². The first-order valence-electron chi connectivity index (χ1n) is 9.59. The minimum Gasteiger partial charge on any atom is -0.349 e. The quantitative estimate of drug-likeness (QED) is 0.436. The van der Waals surface area contributed by atoms with Gasteiger partial charge < -0.3 is 10.6 Å². The maximum Gasteiger partial charge on any atom is 0.417 e. The summed E-state index contributed by atoms with van der Waals surface area (Å²) in [6.07, 6.45) is -2.03. The van der Waals surface area contributed by atoms with E-state index in [1.807, 2.05) is 13.2 Å². The van der Waals surface area contributed by atoms with Crippen LogP contribution >= 0.6 is 35.1 Å². The third-order valence-electron chi connectivity index (χ3n) is 4.27. The molecular weight excluding hydrogens is 483 g/mol. The number of hydrogen-bond donors (Lipinski definition) is 2. The van der Waals surface area contributed by atoms with Crippen molar-refractivity contribution in [1.82, 2.24) is 10.3 Å². The van der Waals surface area contributed by atoms with Crippen molar-refractivity contribution >= 4 is 52.6 Å². The molecule has 0 unspecified atom stereocenters. The van der Waals surface area contributed by atoms with Crippen molar-refractivity contribution < 1.29 is 22.8 Å². The highest BCUT2D eigenvalue weighted by Gasteiger charge is 2.32. The molecule has 2 aromatic rings. The second-order valence-corrected chi connectivity index (χ2v) is 9.58. The van der Waals surface area contributed by atoms with Crippen LogP contribution < -0.4 is 10.6 Å². The number of rotatable bonds is 8. The summed E-state index contributed by atoms with van der Waals surface area (Å²) < 4.78 is 39.2. The number of amides is 2. The van der Waals surface area contributed by atoms with Gasteiger partial charge in [-0.2, -0.15) is 24.9 Å². The Kier molecular flexibility index (Phi) is 9.29. The number of nitrogens with one attached hydrogen (secondary N) is 2. The number of alkyl halides is 3. The van der Waals surface area contributed by atoms with Gasteiger partial charge in [0, 0.05) is 27.9 Å². The third-order valence-corrected chi connectivity index (χ3v) is 6.24. The fourth-order valence-electron chi connectivity index (χ4n) is 2.89. The molecule has 0 bridgehead atoms. The van der Waals surface area contributed by atoms with Crippen molar-refractivity contribution in [2.24, 2.45) is 0 Å². The molecule has 0 fully saturated rings. The Labute approximate surface area is 198 Å². The van der Waals surface area contributed by atoms with Crippen LogP contribution in [0, 0.1) is 6.92 Å². The second kappa shape index (κ2) is 11.3. The number of halogens is 4. The monoisotopic (exact) mass is 505 g/mol. The van der Waals surface area contributed by atoms with Crippen LogP contribution in [-0.4, -0.2) is 40.6 Å². The van der Waals surface area contributed by atoms with Crippen molar-refractivity contribution in [2.45, 2.75) is 37.9 Å². The van der Waals surface area contributed by atoms with E-state index in [2.05, 4.69) is 15.6 Å². The van der Waals surface area contributed by atoms with Gasteiger partial charge in [-0.3, -0.25) is 9.59 Å². The van der Waals surface area contributed by atoms with Gasteiger partial charge in [0.2, 0.25) is 0 Å². The van der Waals surface area contributed by atoms with E-state index in [9.17, 15) is 22.8 Å². The zero-order valence-electron chi connectivity index (χ0n) is 17.9. The van der Waals surface area contributed by atoms with E-state index < -0.39 is 23.6 Å². The van der Waals surface area contributed by atoms with E-state index in [1.165, 1.54) is 6.07 Å². The number of hydrogen-bond acceptors (Lipinski definition) is 5. The predicted octanol–water partition coefficient (Wildman–Crippen LogP) is 5.91. The van der Waals surface area contributed by atoms with Gasteiger partial charge in [-0.05, 0) is 49.6 Å². The molecule has 1 aromatic heterocycles. The topological polar surface area (TPSA) is 71.1 Å². The minimum atomic E-state index is -4.57. The first kappa shape index (κ1) is 26.3. The Morgan fingerprint density at radius 2 is 1.91 bits per heavy atom. The molecule has 1 atom stereocenters. The zero-order chi connectivity index (χ0) is 24.1. The Morgan fingerprint density at radius 1 is 1.22 bits per heavy atom. The molecule has 2 N–H and O–H groups in total. The lowest BCUT2D eigenvalue weighted by atomic mass is 10.1. The van der Waals surface area contributed by atoms with Crippen molar-refractivity contribution in [3.05, 3.63) is 51.8 Å². The minimum absolute atomic E-state index is 0.103. The molecule has 0 radical (unpaired) electrons. The first-order chi connectivity index (χ1) is 15.0. The van der Waals surface area contributed by atoms with Crippen LogP contribution in [0.25, 0.3) is 0 Å². The lowest BCUT2D eigenvalue weighted by Crippen LogP contribution is -2.35. The van der Waals surface area contributed by atoms with Gasteiger partial charge in [-0.15, -0.1) is 11.8 Å². The molecule has 2 rings (SSSR count). The van der Waals surface area contributed by atoms with Crippen LogP contribution in [0.3, 0.4) is 0 Å². The highest BCUT2D eigenvalue weighted by Crippen LogP contribution is 2.33. The number of pyridine rings is 1. The van der Waals surface area contributed by atoms with E-state index >= 15 is 0 Å². The fourth-order valence-corrected chi connectivity index (χ4v) is 4.55. The number of nitrogens with zero attached hydrogens (tertiary/aromatic N) is 1. The normalized spacial score (nSPS) is 12.4. The molecular formula is C21H23ClF3N3O2S2. The van der Waals surface area contributed by atoms with Crippen LogP contribution in [0.15, 0.2) is 29.3 Å². The predicted molar refractivity (Wildman–Crippen MR) is 125 cm³/mol. The number of thioether (sulfide) groups is 2. The van der Waals surface area contributed by atoms with Crippen molar-refractivity contribution in [3.63, 3.8) is 0 Å². The lowest BCUT2D eigenvalue weighted by molar-refractivity contribution is -0.138. The summed E-state index contributed by atoms with van der Waals surface area (Å²) in [5.74, 6) is 0.00637. The van der Waals surface area contributed by atoms with Crippen molar-refractivity contribution in [1.29, 1.82) is 0 Å². The summed E-state index contributed by atoms with van der Waals surface area (Å²) in [5.41, 5.74) is -0.169. The molecule has 0 aliphatic rings. The highest BCUT2D eigenvalue weighted by atomic mass is 35.5. The number of aryl methyl sites for hydroxylation is 1. The number of anilines is 1. The maximum atomic E-state index is 13.1. The largest absolute Gasteiger partial charge is 0.417 e. The summed E-state index contributed by atoms with van der Waals surface area (Å²) >= 11 is 8.77. The molecule has 0 spiro atoms. The fraction of sp³-hybridized carbons (Fsp3) is 0.381. The summed E-state index contributed by atoms with van der Waals surface area (Å²) in [7, 11) is 0. The summed E-state index contributed by atoms with van der Waals surface area (Å²) in [6.45, 7) is 5.28. The number of carbonyl (C=O) groups is 2. The number of benzene rings is 1. The molecule has 1 heterocycles. The van der Waals surface area contributed by atoms with Gasteiger partial charge in [-0.1, -0.05) is 18.5 Å². The van der Waals surface area contributed by atoms with E-state index in [4.69, 9.17) is 11.6 Å². The SMILES string of the molecule is CCSc1cc(C(F)(F)F)cnc1C(=O)Nc1c(C)cc(Cl)cc1C(=O)N[C@H](C)CSC. The van der Waals surface area contributed by atoms with Crippen LogP contribution in [-0.2, 0) is 6.18 Å². The molecule has 0 aliphatic heterocycles. The maximum absolute atomic E-state index is 13.1. The van der Waals surface area contributed by atoms with E-state index in [0.717, 1.165) is 17.8 Å². The van der Waals surface area contributed by atoms with Gasteiger partial charge in [0.1, 0.15) is 5.69 Å². The Bertz CT molecular complexity index is 1000. The molecule has 2 amide bonds. The van der Waals surface area contributed by atoms with Gasteiger partial charge >= 0.3 is 6.18 Å². The van der Waals surface area contributed by atoms with E-state index in [1.54, 1.807) is 31.7 Å². The van der Waals surface area contributed by atoms with Crippen LogP contribution in [0.2, 0.25) is 5.02 Å². The van der Waals surface area contributed by atoms with Crippen LogP contribution in [0.5, 0.6) is 0 Å². The average Bonchev–Trinajstić information content (AvgIpc) is 2.69. The summed E-state index contributed by atoms with van der Waals surface area (Å²) in [5, 5.41) is 5.81. The Balaban J connectivity index is 2.42. The van der Waals surface area contributed by atoms with E-state index in [0.29, 0.717) is 28.3 Å². The highest BCUT2D eigenvalue weighted by molar-refractivity contribution is 7.99. The molecule has 0 saturated carbocycles. The Morgan fingerprint density at radius 3 is 2.50 bits per heavy atom. The summed E-state index contributed by atoms with van der Waals surface area (Å²) in [4.78, 5) is 29.7. The molecule has 174 valence electrons. The smallest absolute Gasteiger partial charge is 0.349 e. The van der Waals surface area contributed by atoms with Gasteiger partial charge in [-0.25, -0.2) is 4.98 Å². The molecule has 0 saturated heterocycles. The average molecular weight is 506 g/mol. The van der Waals surface area contributed by atoms with Crippen molar-refractivity contribution in [2.75, 3.05) is 23.1 Å². The molecule has 32 heavy (non-hydrogen) atoms. The van der Waals surface area contributed by atoms with E-state index in [-0.39, 0.29) is 27.9 Å². The second-order valence-electron chi connectivity index (χ2n) is 6.93. The van der Waals surface area contributed by atoms with Crippen LogP contribution in [0.4, 0.5) is 18.9 Å². The molecule has 0 aliphatic carbocycles. The third kappa shape index (κ3) is 6.79. The standard InChI is InChI=1S/C21H23ClF3N3O2S2/c1-5-32-16-7-13(21(23,24)25)9-26-18(16)20(30)28-17-11(2)6-14(22)8-15(17)19(29)27-12(3)10-31-4/h6-9,12H,5,10H2,1-4H3,(H,27,29)(H,28,30)/t12-/m1/s1. The molecule has 5 nitrogen and oxygen atoms in total. The lowest BCUT2D eigenvalue weighted by Gasteiger charge is -2.18. The first-order valence-corrected chi connectivity index (χ1v) is 12.3. The Hall–Kier alpha value is -1.91.